The van der Waals surface area contributed by atoms with Gasteiger partial charge in [-0.1, -0.05) is 6.07 Å². The fraction of sp³-hybridized carbons (Fsp3) is 0.0667. The molecule has 21 heavy (non-hydrogen) atoms. The van der Waals surface area contributed by atoms with Crippen molar-refractivity contribution in [3.63, 3.8) is 0 Å². The van der Waals surface area contributed by atoms with Gasteiger partial charge in [-0.2, -0.15) is 5.10 Å². The standard InChI is InChI=1S/C15H13N5S/c1-10-2-3-11(16)6-13(10)19-4-5-20-15(19)7-12(18-20)14-8-17-9-21-14/h2-9H,16H2,1H3. The lowest BCUT2D eigenvalue weighted by Gasteiger charge is -2.08. The summed E-state index contributed by atoms with van der Waals surface area (Å²) in [5.41, 5.74) is 12.7. The number of hydrogen-bond acceptors (Lipinski definition) is 4. The second-order valence-electron chi connectivity index (χ2n) is 4.91. The Morgan fingerprint density at radius 2 is 2.10 bits per heavy atom. The molecule has 0 radical (unpaired) electrons. The molecule has 4 aromatic rings. The number of imidazole rings is 1. The van der Waals surface area contributed by atoms with Crippen LogP contribution in [-0.2, 0) is 0 Å². The van der Waals surface area contributed by atoms with Crippen LogP contribution in [0.1, 0.15) is 5.56 Å². The summed E-state index contributed by atoms with van der Waals surface area (Å²) in [5, 5.41) is 4.59. The summed E-state index contributed by atoms with van der Waals surface area (Å²) in [6, 6.07) is 7.99. The highest BCUT2D eigenvalue weighted by molar-refractivity contribution is 7.13. The van der Waals surface area contributed by atoms with E-state index >= 15 is 0 Å². The molecule has 0 aliphatic rings. The van der Waals surface area contributed by atoms with Crippen LogP contribution in [0.4, 0.5) is 5.69 Å². The van der Waals surface area contributed by atoms with E-state index in [0.717, 1.165) is 27.6 Å². The van der Waals surface area contributed by atoms with Crippen LogP contribution in [0.25, 0.3) is 21.9 Å². The molecule has 4 rings (SSSR count). The zero-order chi connectivity index (χ0) is 14.4. The van der Waals surface area contributed by atoms with Crippen LogP contribution in [0.15, 0.2) is 48.4 Å². The Hall–Kier alpha value is -2.60. The minimum absolute atomic E-state index is 0.754. The van der Waals surface area contributed by atoms with Crippen LogP contribution < -0.4 is 5.73 Å². The Morgan fingerprint density at radius 1 is 1.19 bits per heavy atom. The number of aryl methyl sites for hydroxylation is 1. The largest absolute Gasteiger partial charge is 0.399 e. The second kappa shape index (κ2) is 4.46. The average Bonchev–Trinajstić information content (AvgIpc) is 3.15. The van der Waals surface area contributed by atoms with Gasteiger partial charge in [-0.3, -0.25) is 9.55 Å². The fourth-order valence-corrected chi connectivity index (χ4v) is 3.01. The van der Waals surface area contributed by atoms with Crippen molar-refractivity contribution in [3.8, 4) is 16.3 Å². The molecule has 1 aromatic carbocycles. The summed E-state index contributed by atoms with van der Waals surface area (Å²) >= 11 is 1.59. The Bertz CT molecular complexity index is 917. The van der Waals surface area contributed by atoms with E-state index in [1.165, 1.54) is 5.56 Å². The molecule has 104 valence electrons. The molecule has 3 heterocycles. The maximum Gasteiger partial charge on any atom is 0.140 e. The highest BCUT2D eigenvalue weighted by atomic mass is 32.1. The Labute approximate surface area is 125 Å². The molecule has 5 nitrogen and oxygen atoms in total. The van der Waals surface area contributed by atoms with Gasteiger partial charge in [-0.15, -0.1) is 11.3 Å². The summed E-state index contributed by atoms with van der Waals surface area (Å²) in [6.07, 6.45) is 5.78. The highest BCUT2D eigenvalue weighted by Crippen LogP contribution is 2.26. The van der Waals surface area contributed by atoms with Crippen molar-refractivity contribution in [2.24, 2.45) is 0 Å². The molecule has 0 spiro atoms. The minimum atomic E-state index is 0.754. The first-order valence-corrected chi connectivity index (χ1v) is 7.42. The van der Waals surface area contributed by atoms with Crippen molar-refractivity contribution in [1.82, 2.24) is 19.2 Å². The quantitative estimate of drug-likeness (QED) is 0.578. The van der Waals surface area contributed by atoms with Crippen molar-refractivity contribution < 1.29 is 0 Å². The molecular weight excluding hydrogens is 282 g/mol. The SMILES string of the molecule is Cc1ccc(N)cc1-n1ccn2nc(-c3cncs3)cc12. The van der Waals surface area contributed by atoms with Gasteiger partial charge in [0.1, 0.15) is 11.3 Å². The number of thiazole rings is 1. The van der Waals surface area contributed by atoms with Crippen LogP contribution in [0.3, 0.4) is 0 Å². The summed E-state index contributed by atoms with van der Waals surface area (Å²) in [5.74, 6) is 0. The lowest BCUT2D eigenvalue weighted by molar-refractivity contribution is 0.969. The average molecular weight is 295 g/mol. The summed E-state index contributed by atoms with van der Waals surface area (Å²) < 4.78 is 3.97. The molecule has 0 atom stereocenters. The number of aromatic nitrogens is 4. The Kier molecular flexibility index (Phi) is 2.58. The van der Waals surface area contributed by atoms with E-state index in [-0.39, 0.29) is 0 Å². The first-order chi connectivity index (χ1) is 10.2. The first kappa shape index (κ1) is 12.2. The zero-order valence-electron chi connectivity index (χ0n) is 11.4. The lowest BCUT2D eigenvalue weighted by Crippen LogP contribution is -1.97. The molecular formula is C15H13N5S. The van der Waals surface area contributed by atoms with Gasteiger partial charge >= 0.3 is 0 Å². The molecule has 0 saturated heterocycles. The maximum atomic E-state index is 5.92. The molecule has 0 aliphatic heterocycles. The minimum Gasteiger partial charge on any atom is -0.399 e. The fourth-order valence-electron chi connectivity index (χ4n) is 2.43. The third kappa shape index (κ3) is 1.92. The molecule has 0 amide bonds. The predicted molar refractivity (Wildman–Crippen MR) is 84.8 cm³/mol. The Morgan fingerprint density at radius 3 is 2.90 bits per heavy atom. The van der Waals surface area contributed by atoms with Gasteiger partial charge in [-0.05, 0) is 24.6 Å². The molecule has 2 N–H and O–H groups in total. The van der Waals surface area contributed by atoms with Gasteiger partial charge in [0.25, 0.3) is 0 Å². The van der Waals surface area contributed by atoms with Crippen molar-refractivity contribution in [2.45, 2.75) is 6.92 Å². The highest BCUT2D eigenvalue weighted by Gasteiger charge is 2.11. The smallest absolute Gasteiger partial charge is 0.140 e. The number of benzene rings is 1. The van der Waals surface area contributed by atoms with E-state index in [1.54, 1.807) is 11.3 Å². The lowest BCUT2D eigenvalue weighted by atomic mass is 10.2. The summed E-state index contributed by atoms with van der Waals surface area (Å²) in [7, 11) is 0. The van der Waals surface area contributed by atoms with Crippen LogP contribution in [0.5, 0.6) is 0 Å². The van der Waals surface area contributed by atoms with E-state index in [4.69, 9.17) is 5.73 Å². The summed E-state index contributed by atoms with van der Waals surface area (Å²) in [6.45, 7) is 2.08. The van der Waals surface area contributed by atoms with Crippen LogP contribution in [0.2, 0.25) is 0 Å². The van der Waals surface area contributed by atoms with Gasteiger partial charge in [-0.25, -0.2) is 4.52 Å². The summed E-state index contributed by atoms with van der Waals surface area (Å²) in [4.78, 5) is 5.17. The molecule has 0 unspecified atom stereocenters. The molecule has 0 fully saturated rings. The third-order valence-corrected chi connectivity index (χ3v) is 4.29. The molecule has 3 aromatic heterocycles. The van der Waals surface area contributed by atoms with Gasteiger partial charge in [0.05, 0.1) is 16.1 Å². The topological polar surface area (TPSA) is 61.1 Å². The van der Waals surface area contributed by atoms with Crippen LogP contribution in [0, 0.1) is 6.92 Å². The van der Waals surface area contributed by atoms with E-state index in [0.29, 0.717) is 0 Å². The van der Waals surface area contributed by atoms with Gasteiger partial charge in [0, 0.05) is 30.3 Å². The molecule has 0 bridgehead atoms. The van der Waals surface area contributed by atoms with Crippen molar-refractivity contribution >= 4 is 22.7 Å². The Balaban J connectivity index is 1.92. The number of rotatable bonds is 2. The number of nitrogens with zero attached hydrogens (tertiary/aromatic N) is 4. The zero-order valence-corrected chi connectivity index (χ0v) is 12.2. The monoisotopic (exact) mass is 295 g/mol. The number of nitrogen functional groups attached to an aromatic ring is 1. The first-order valence-electron chi connectivity index (χ1n) is 6.54. The maximum absolute atomic E-state index is 5.92. The second-order valence-corrected chi connectivity index (χ2v) is 5.80. The third-order valence-electron chi connectivity index (χ3n) is 3.50. The molecule has 6 heteroatoms. The van der Waals surface area contributed by atoms with E-state index in [9.17, 15) is 0 Å². The van der Waals surface area contributed by atoms with E-state index in [1.807, 2.05) is 46.8 Å². The van der Waals surface area contributed by atoms with E-state index in [2.05, 4.69) is 27.6 Å². The molecule has 0 saturated carbocycles. The van der Waals surface area contributed by atoms with Gasteiger partial charge in [0.2, 0.25) is 0 Å². The predicted octanol–water partition coefficient (Wildman–Crippen LogP) is 3.14. The number of fused-ring (bicyclic) bond motifs is 1. The van der Waals surface area contributed by atoms with Crippen molar-refractivity contribution in [2.75, 3.05) is 5.73 Å². The van der Waals surface area contributed by atoms with Gasteiger partial charge < -0.3 is 5.73 Å². The number of hydrogen-bond donors (Lipinski definition) is 1. The number of nitrogens with two attached hydrogens (primary N) is 1. The normalized spacial score (nSPS) is 11.3. The van der Waals surface area contributed by atoms with Crippen molar-refractivity contribution in [1.29, 1.82) is 0 Å². The molecule has 0 aliphatic carbocycles. The number of anilines is 1. The van der Waals surface area contributed by atoms with E-state index < -0.39 is 0 Å². The van der Waals surface area contributed by atoms with Crippen LogP contribution in [-0.4, -0.2) is 19.2 Å². The van der Waals surface area contributed by atoms with Crippen LogP contribution >= 0.6 is 11.3 Å². The van der Waals surface area contributed by atoms with Gasteiger partial charge in [0.15, 0.2) is 0 Å². The van der Waals surface area contributed by atoms with Crippen molar-refractivity contribution in [3.05, 3.63) is 53.9 Å².